The third-order valence-corrected chi connectivity index (χ3v) is 19.4. The predicted molar refractivity (Wildman–Crippen MR) is 382 cm³/mol. The molecule has 5 N–H and O–H groups in total. The first kappa shape index (κ1) is 75.7. The van der Waals surface area contributed by atoms with Crippen molar-refractivity contribution < 1.29 is 20.4 Å². The van der Waals surface area contributed by atoms with Gasteiger partial charge in [-0.05, 0) is 160 Å². The number of benzene rings is 4. The normalized spacial score (nSPS) is 12.4. The van der Waals surface area contributed by atoms with Gasteiger partial charge in [0.05, 0.1) is 19.6 Å². The summed E-state index contributed by atoms with van der Waals surface area (Å²) in [6.45, 7) is 45.8. The van der Waals surface area contributed by atoms with Crippen LogP contribution in [0, 0.1) is 41.5 Å². The second kappa shape index (κ2) is 31.3. The maximum absolute atomic E-state index is 14.4. The van der Waals surface area contributed by atoms with Crippen LogP contribution in [0.25, 0.3) is 0 Å². The fraction of sp³-hybridized carbons (Fsp3) is 0.600. The lowest BCUT2D eigenvalue weighted by molar-refractivity contribution is 0.423. The lowest BCUT2D eigenvalue weighted by atomic mass is 9.79. The van der Waals surface area contributed by atoms with Crippen LogP contribution in [0.3, 0.4) is 0 Å². The van der Waals surface area contributed by atoms with Crippen molar-refractivity contribution in [2.45, 2.75) is 293 Å². The van der Waals surface area contributed by atoms with E-state index in [-0.39, 0.29) is 64.0 Å². The number of unbranched alkanes of at least 4 members (excludes halogenated alkanes) is 10. The number of thioether (sulfide) groups is 2. The number of aromatic nitrogens is 6. The Balaban J connectivity index is 0.000000341. The van der Waals surface area contributed by atoms with E-state index in [0.29, 0.717) is 45.1 Å². The van der Waals surface area contributed by atoms with Crippen molar-refractivity contribution in [3.8, 4) is 23.0 Å². The second-order valence-corrected chi connectivity index (χ2v) is 32.6. The van der Waals surface area contributed by atoms with Gasteiger partial charge >= 0.3 is 17.1 Å². The molecule has 0 bridgehead atoms. The van der Waals surface area contributed by atoms with Gasteiger partial charge in [0.2, 0.25) is 5.95 Å². The highest BCUT2D eigenvalue weighted by Gasteiger charge is 2.30. The summed E-state index contributed by atoms with van der Waals surface area (Å²) < 4.78 is 3.15. The van der Waals surface area contributed by atoms with Gasteiger partial charge in [0.1, 0.15) is 23.0 Å². The molecule has 0 amide bonds. The maximum atomic E-state index is 14.4. The number of phenols is 4. The Labute approximate surface area is 554 Å². The zero-order chi connectivity index (χ0) is 68.5. The van der Waals surface area contributed by atoms with Crippen LogP contribution in [-0.2, 0) is 46.7 Å². The maximum Gasteiger partial charge on any atom is 0.336 e. The van der Waals surface area contributed by atoms with Crippen molar-refractivity contribution in [2.75, 3.05) is 16.8 Å². The fourth-order valence-electron chi connectivity index (χ4n) is 11.6. The zero-order valence-corrected chi connectivity index (χ0v) is 61.6. The first-order valence-electron chi connectivity index (χ1n) is 33.2. The van der Waals surface area contributed by atoms with Gasteiger partial charge in [-0.3, -0.25) is 0 Å². The summed E-state index contributed by atoms with van der Waals surface area (Å²) in [4.78, 5) is 57.6. The van der Waals surface area contributed by atoms with Crippen LogP contribution in [0.4, 0.5) is 11.6 Å². The Hall–Kier alpha value is -6.00. The number of phenolic OH excluding ortho intramolecular Hbond substituents is 4. The molecule has 6 rings (SSSR count). The number of hydrogen-bond acceptors (Lipinski definition) is 13. The van der Waals surface area contributed by atoms with Crippen molar-refractivity contribution in [1.82, 2.24) is 28.7 Å². The van der Waals surface area contributed by atoms with E-state index in [2.05, 4.69) is 60.7 Å². The first-order valence-corrected chi connectivity index (χ1v) is 35.2. The Morgan fingerprint density at radius 1 is 0.385 bits per heavy atom. The van der Waals surface area contributed by atoms with E-state index < -0.39 is 17.1 Å². The molecule has 502 valence electrons. The number of rotatable bonds is 24. The van der Waals surface area contributed by atoms with Gasteiger partial charge in [0.25, 0.3) is 0 Å². The van der Waals surface area contributed by atoms with E-state index in [1.165, 1.54) is 77.0 Å². The molecule has 14 nitrogen and oxygen atoms in total. The molecule has 16 heteroatoms. The fourth-order valence-corrected chi connectivity index (χ4v) is 13.4. The van der Waals surface area contributed by atoms with Crippen LogP contribution in [0.15, 0.2) is 55.0 Å². The summed E-state index contributed by atoms with van der Waals surface area (Å²) in [5.74, 6) is 3.32. The van der Waals surface area contributed by atoms with Crippen LogP contribution < -0.4 is 22.4 Å². The molecule has 0 unspecified atom stereocenters. The zero-order valence-electron chi connectivity index (χ0n) is 59.9. The number of nitrogens with one attached hydrogen (secondary N) is 1. The minimum atomic E-state index is -0.794. The summed E-state index contributed by atoms with van der Waals surface area (Å²) in [7, 11) is 0. The van der Waals surface area contributed by atoms with Gasteiger partial charge < -0.3 is 25.7 Å². The molecular formula is C75H113N7O7S2. The van der Waals surface area contributed by atoms with Crippen molar-refractivity contribution in [1.29, 1.82) is 0 Å². The molecule has 0 aliphatic carbocycles. The minimum Gasteiger partial charge on any atom is -0.507 e. The molecule has 0 saturated heterocycles. The van der Waals surface area contributed by atoms with Crippen LogP contribution in [0.1, 0.15) is 273 Å². The summed E-state index contributed by atoms with van der Waals surface area (Å²) >= 11 is 3.48. The third-order valence-electron chi connectivity index (χ3n) is 17.5. The first-order chi connectivity index (χ1) is 42.1. The molecule has 0 fully saturated rings. The summed E-state index contributed by atoms with van der Waals surface area (Å²) in [6.07, 6.45) is 15.4. The molecule has 0 atom stereocenters. The molecule has 91 heavy (non-hydrogen) atoms. The smallest absolute Gasteiger partial charge is 0.336 e. The van der Waals surface area contributed by atoms with Crippen molar-refractivity contribution in [2.24, 2.45) is 0 Å². The second-order valence-electron chi connectivity index (χ2n) is 30.4. The summed E-state index contributed by atoms with van der Waals surface area (Å²) in [6, 6.07) is 9.74. The highest BCUT2D eigenvalue weighted by Crippen LogP contribution is 2.43. The average Bonchev–Trinajstić information content (AvgIpc) is 0.810. The monoisotopic (exact) mass is 1290 g/mol. The van der Waals surface area contributed by atoms with E-state index in [1.807, 2.05) is 113 Å². The quantitative estimate of drug-likeness (QED) is 0.0218. The SMILES string of the molecule is CCCCCCCCSc1nc(Nc2cc(C(C)(C)C)c(O)c(C(C)(C)C)c2)nc(SCCCCCCCC)n1.Cc1cc(C(C)(C)C)c(O)c(C)c1Cn1c(=O)n(Cc2c(C)cc(C(C)(C)C)c(O)c2C)c(=O)n(Cc2c(C)cc(C(C)(C)C)c(O)c2C)c1=O. The van der Waals surface area contributed by atoms with E-state index in [9.17, 15) is 34.8 Å². The van der Waals surface area contributed by atoms with E-state index in [4.69, 9.17) is 15.0 Å². The largest absolute Gasteiger partial charge is 0.507 e. The van der Waals surface area contributed by atoms with Crippen molar-refractivity contribution in [3.05, 3.63) is 140 Å². The number of nitrogens with zero attached hydrogens (tertiary/aromatic N) is 6. The van der Waals surface area contributed by atoms with Crippen LogP contribution in [0.5, 0.6) is 23.0 Å². The number of hydrogen-bond donors (Lipinski definition) is 5. The van der Waals surface area contributed by atoms with E-state index in [0.717, 1.165) is 85.7 Å². The number of anilines is 2. The summed E-state index contributed by atoms with van der Waals surface area (Å²) in [5, 5.41) is 50.0. The van der Waals surface area contributed by atoms with E-state index >= 15 is 0 Å². The predicted octanol–water partition coefficient (Wildman–Crippen LogP) is 18.0. The number of aryl methyl sites for hydroxylation is 3. The minimum absolute atomic E-state index is 0.103. The van der Waals surface area contributed by atoms with Gasteiger partial charge in [-0.15, -0.1) is 0 Å². The highest BCUT2D eigenvalue weighted by molar-refractivity contribution is 7.99. The average molecular weight is 1290 g/mol. The number of aromatic hydroxyl groups is 4. The molecule has 2 aromatic heterocycles. The molecule has 0 saturated carbocycles. The molecule has 0 spiro atoms. The van der Waals surface area contributed by atoms with Gasteiger partial charge in [-0.25, -0.2) is 28.1 Å². The molecule has 0 aliphatic heterocycles. The van der Waals surface area contributed by atoms with Gasteiger partial charge in [-0.1, -0.05) is 224 Å². The molecule has 4 aromatic carbocycles. The lowest BCUT2D eigenvalue weighted by Crippen LogP contribution is -2.55. The summed E-state index contributed by atoms with van der Waals surface area (Å²) in [5.41, 5.74) is 7.09. The van der Waals surface area contributed by atoms with Crippen molar-refractivity contribution >= 4 is 35.2 Å². The highest BCUT2D eigenvalue weighted by atomic mass is 32.2. The van der Waals surface area contributed by atoms with Crippen molar-refractivity contribution in [3.63, 3.8) is 0 Å². The van der Waals surface area contributed by atoms with Gasteiger partial charge in [-0.2, -0.15) is 15.0 Å². The van der Waals surface area contributed by atoms with Gasteiger partial charge in [0, 0.05) is 28.3 Å². The molecular weight excluding hydrogens is 1180 g/mol. The third kappa shape index (κ3) is 19.5. The van der Waals surface area contributed by atoms with Gasteiger partial charge in [0.15, 0.2) is 10.3 Å². The molecule has 6 aromatic rings. The molecule has 0 aliphatic rings. The standard InChI is InChI=1S/C42H57N3O6.C33H56N4OS2/c1-22-16-31(40(7,8)9)34(46)25(4)28(22)19-43-37(49)44(20-29-23(2)17-32(41(10,11)12)35(47)26(29)5)39(51)45(38(43)50)21-30-24(3)18-33(42(13,14)15)36(48)27(30)6;1-9-11-13-15-17-19-21-39-30-35-29(36-31(37-30)40-22-20-18-16-14-12-10-2)34-25-23-26(32(3,4)5)28(38)27(24-25)33(6,7)8/h16-18,46-48H,19-21H2,1-15H3;23-24,38H,9-22H2,1-8H3,(H,34,35,36,37). The molecule has 2 heterocycles. The Bertz CT molecular complexity index is 3340. The lowest BCUT2D eigenvalue weighted by Gasteiger charge is -2.28. The Morgan fingerprint density at radius 2 is 0.648 bits per heavy atom. The van der Waals surface area contributed by atoms with E-state index in [1.54, 1.807) is 44.3 Å². The van der Waals surface area contributed by atoms with Crippen LogP contribution in [0.2, 0.25) is 0 Å². The van der Waals surface area contributed by atoms with Crippen LogP contribution in [-0.4, -0.2) is 60.6 Å². The Morgan fingerprint density at radius 3 is 0.923 bits per heavy atom. The topological polar surface area (TPSA) is 198 Å². The Kier molecular flexibility index (Phi) is 26.0. The molecule has 0 radical (unpaired) electrons. The van der Waals surface area contributed by atoms with Crippen LogP contribution >= 0.6 is 23.5 Å².